The summed E-state index contributed by atoms with van der Waals surface area (Å²) < 4.78 is 5.10. The normalized spacial score (nSPS) is 11.0. The van der Waals surface area contributed by atoms with Gasteiger partial charge in [0.2, 0.25) is 5.91 Å². The van der Waals surface area contributed by atoms with Crippen LogP contribution in [0.25, 0.3) is 0 Å². The lowest BCUT2D eigenvalue weighted by Crippen LogP contribution is -2.42. The van der Waals surface area contributed by atoms with E-state index in [0.717, 1.165) is 4.90 Å². The van der Waals surface area contributed by atoms with Crippen LogP contribution in [0.5, 0.6) is 0 Å². The Hall–Kier alpha value is -1.10. The Morgan fingerprint density at radius 1 is 1.33 bits per heavy atom. The first kappa shape index (κ1) is 13.9. The number of carbonyl (C=O) groups excluding carboxylic acids is 2. The summed E-state index contributed by atoms with van der Waals surface area (Å²) in [5.74, 6) is -0.306. The smallest absolute Gasteiger partial charge is 0.417 e. The molecule has 0 radical (unpaired) electrons. The molecular weight excluding hydrogens is 196 g/mol. The Labute approximate surface area is 90.8 Å². The molecule has 0 fully saturated rings. The van der Waals surface area contributed by atoms with E-state index < -0.39 is 11.7 Å². The summed E-state index contributed by atoms with van der Waals surface area (Å²) in [5.41, 5.74) is -0.579. The molecule has 0 aromatic heterocycles. The molecule has 1 N–H and O–H groups in total. The molecular formula is C10H20N2O3. The van der Waals surface area contributed by atoms with Gasteiger partial charge in [0.25, 0.3) is 0 Å². The van der Waals surface area contributed by atoms with Gasteiger partial charge in [-0.2, -0.15) is 0 Å². The van der Waals surface area contributed by atoms with Crippen LogP contribution in [0, 0.1) is 0 Å². The van der Waals surface area contributed by atoms with Gasteiger partial charge < -0.3 is 10.1 Å². The number of amides is 2. The Morgan fingerprint density at radius 3 is 2.20 bits per heavy atom. The second-order valence-electron chi connectivity index (χ2n) is 4.25. The highest BCUT2D eigenvalue weighted by Gasteiger charge is 2.24. The summed E-state index contributed by atoms with van der Waals surface area (Å²) in [7, 11) is 1.76. The fourth-order valence-corrected chi connectivity index (χ4v) is 0.918. The van der Waals surface area contributed by atoms with E-state index in [9.17, 15) is 9.59 Å². The van der Waals surface area contributed by atoms with Crippen molar-refractivity contribution < 1.29 is 14.3 Å². The van der Waals surface area contributed by atoms with Crippen molar-refractivity contribution in [2.24, 2.45) is 0 Å². The van der Waals surface area contributed by atoms with Gasteiger partial charge in [0, 0.05) is 20.0 Å². The van der Waals surface area contributed by atoms with Gasteiger partial charge >= 0.3 is 6.09 Å². The van der Waals surface area contributed by atoms with E-state index in [1.807, 2.05) is 0 Å². The SMILES string of the molecule is CNCCN(C(C)=O)C(=O)OC(C)(C)C. The van der Waals surface area contributed by atoms with Crippen LogP contribution < -0.4 is 5.32 Å². The van der Waals surface area contributed by atoms with E-state index in [-0.39, 0.29) is 5.91 Å². The molecule has 0 rings (SSSR count). The molecule has 0 aliphatic carbocycles. The van der Waals surface area contributed by atoms with Gasteiger partial charge in [0.05, 0.1) is 0 Å². The molecule has 0 aliphatic rings. The maximum Gasteiger partial charge on any atom is 0.417 e. The lowest BCUT2D eigenvalue weighted by molar-refractivity contribution is -0.127. The molecule has 0 heterocycles. The molecule has 5 heteroatoms. The first-order valence-corrected chi connectivity index (χ1v) is 4.93. The third-order valence-corrected chi connectivity index (χ3v) is 1.58. The largest absolute Gasteiger partial charge is 0.443 e. The van der Waals surface area contributed by atoms with Crippen molar-refractivity contribution in [3.63, 3.8) is 0 Å². The van der Waals surface area contributed by atoms with Crippen LogP contribution in [-0.4, -0.2) is 42.6 Å². The monoisotopic (exact) mass is 216 g/mol. The Morgan fingerprint density at radius 2 is 1.87 bits per heavy atom. The van der Waals surface area contributed by atoms with E-state index in [2.05, 4.69) is 5.32 Å². The molecule has 0 saturated heterocycles. The van der Waals surface area contributed by atoms with Crippen molar-refractivity contribution in [2.75, 3.05) is 20.1 Å². The summed E-state index contributed by atoms with van der Waals surface area (Å²) in [6.45, 7) is 7.52. The first-order chi connectivity index (χ1) is 6.78. The fraction of sp³-hybridized carbons (Fsp3) is 0.800. The first-order valence-electron chi connectivity index (χ1n) is 4.93. The number of rotatable bonds is 3. The van der Waals surface area contributed by atoms with Crippen LogP contribution in [0.2, 0.25) is 0 Å². The zero-order valence-electron chi connectivity index (χ0n) is 10.1. The molecule has 88 valence electrons. The number of hydrogen-bond acceptors (Lipinski definition) is 4. The molecule has 15 heavy (non-hydrogen) atoms. The van der Waals surface area contributed by atoms with Crippen LogP contribution in [0.4, 0.5) is 4.79 Å². The molecule has 0 aromatic carbocycles. The van der Waals surface area contributed by atoms with Crippen LogP contribution in [0.3, 0.4) is 0 Å². The van der Waals surface area contributed by atoms with Gasteiger partial charge in [-0.15, -0.1) is 0 Å². The molecule has 0 saturated carbocycles. The third-order valence-electron chi connectivity index (χ3n) is 1.58. The minimum absolute atomic E-state index is 0.306. The molecule has 0 bridgehead atoms. The van der Waals surface area contributed by atoms with Gasteiger partial charge in [-0.1, -0.05) is 0 Å². The van der Waals surface area contributed by atoms with Crippen molar-refractivity contribution in [3.8, 4) is 0 Å². The van der Waals surface area contributed by atoms with Crippen molar-refractivity contribution >= 4 is 12.0 Å². The van der Waals surface area contributed by atoms with E-state index in [1.54, 1.807) is 27.8 Å². The number of ether oxygens (including phenoxy) is 1. The highest BCUT2D eigenvalue weighted by Crippen LogP contribution is 2.09. The van der Waals surface area contributed by atoms with E-state index in [0.29, 0.717) is 13.1 Å². The van der Waals surface area contributed by atoms with E-state index >= 15 is 0 Å². The zero-order valence-corrected chi connectivity index (χ0v) is 10.1. The highest BCUT2D eigenvalue weighted by molar-refractivity contribution is 5.90. The number of carbonyl (C=O) groups is 2. The fourth-order valence-electron chi connectivity index (χ4n) is 0.918. The van der Waals surface area contributed by atoms with Crippen LogP contribution in [0.1, 0.15) is 27.7 Å². The standard InChI is InChI=1S/C10H20N2O3/c1-8(13)12(7-6-11-5)9(14)15-10(2,3)4/h11H,6-7H2,1-5H3. The van der Waals surface area contributed by atoms with Crippen LogP contribution >= 0.6 is 0 Å². The Balaban J connectivity index is 4.36. The quantitative estimate of drug-likeness (QED) is 0.764. The summed E-state index contributed by atoms with van der Waals surface area (Å²) in [4.78, 5) is 23.8. The molecule has 0 unspecified atom stereocenters. The van der Waals surface area contributed by atoms with Gasteiger partial charge in [-0.3, -0.25) is 4.79 Å². The maximum absolute atomic E-state index is 11.6. The molecule has 0 spiro atoms. The van der Waals surface area contributed by atoms with Crippen LogP contribution in [-0.2, 0) is 9.53 Å². The van der Waals surface area contributed by atoms with Crippen LogP contribution in [0.15, 0.2) is 0 Å². The zero-order chi connectivity index (χ0) is 12.1. The number of nitrogens with one attached hydrogen (secondary N) is 1. The third kappa shape index (κ3) is 6.06. The topological polar surface area (TPSA) is 58.6 Å². The Kier molecular flexibility index (Phi) is 5.28. The van der Waals surface area contributed by atoms with Crippen molar-refractivity contribution in [2.45, 2.75) is 33.3 Å². The molecule has 0 atom stereocenters. The summed E-state index contributed by atoms with van der Waals surface area (Å²) in [6, 6.07) is 0. The van der Waals surface area contributed by atoms with E-state index in [1.165, 1.54) is 6.92 Å². The molecule has 0 aliphatic heterocycles. The predicted molar refractivity (Wildman–Crippen MR) is 57.5 cm³/mol. The number of imide groups is 1. The Bertz CT molecular complexity index is 233. The summed E-state index contributed by atoms with van der Waals surface area (Å²) in [6.07, 6.45) is -0.592. The van der Waals surface area contributed by atoms with Crippen molar-refractivity contribution in [3.05, 3.63) is 0 Å². The number of nitrogens with zero attached hydrogens (tertiary/aromatic N) is 1. The second-order valence-corrected chi connectivity index (χ2v) is 4.25. The van der Waals surface area contributed by atoms with Crippen molar-refractivity contribution in [1.82, 2.24) is 10.2 Å². The predicted octanol–water partition coefficient (Wildman–Crippen LogP) is 0.989. The average Bonchev–Trinajstić information content (AvgIpc) is 2.00. The summed E-state index contributed by atoms with van der Waals surface area (Å²) in [5, 5.41) is 2.87. The van der Waals surface area contributed by atoms with Crippen molar-refractivity contribution in [1.29, 1.82) is 0 Å². The second kappa shape index (κ2) is 5.70. The van der Waals surface area contributed by atoms with Gasteiger partial charge in [-0.05, 0) is 27.8 Å². The highest BCUT2D eigenvalue weighted by atomic mass is 16.6. The molecule has 2 amide bonds. The lowest BCUT2D eigenvalue weighted by atomic mass is 10.2. The molecule has 5 nitrogen and oxygen atoms in total. The van der Waals surface area contributed by atoms with E-state index in [4.69, 9.17) is 4.74 Å². The maximum atomic E-state index is 11.6. The lowest BCUT2D eigenvalue weighted by Gasteiger charge is -2.25. The van der Waals surface area contributed by atoms with Gasteiger partial charge in [0.15, 0.2) is 0 Å². The van der Waals surface area contributed by atoms with Gasteiger partial charge in [-0.25, -0.2) is 9.69 Å². The van der Waals surface area contributed by atoms with Gasteiger partial charge in [0.1, 0.15) is 5.60 Å². The number of likely N-dealkylation sites (N-methyl/N-ethyl adjacent to an activating group) is 1. The minimum Gasteiger partial charge on any atom is -0.443 e. The number of hydrogen-bond donors (Lipinski definition) is 1. The summed E-state index contributed by atoms with van der Waals surface area (Å²) >= 11 is 0. The molecule has 0 aromatic rings. The average molecular weight is 216 g/mol. The minimum atomic E-state index is -0.592.